The first-order valence-electron chi connectivity index (χ1n) is 4.01. The summed E-state index contributed by atoms with van der Waals surface area (Å²) in [7, 11) is 0. The number of rotatable bonds is 2. The molecule has 0 saturated heterocycles. The van der Waals surface area contributed by atoms with Crippen LogP contribution in [0.3, 0.4) is 0 Å². The number of amides is 2. The normalized spacial score (nSPS) is 10.4. The van der Waals surface area contributed by atoms with E-state index in [1.54, 1.807) is 0 Å². The quantitative estimate of drug-likeness (QED) is 0.383. The second-order valence-electron chi connectivity index (χ2n) is 3.31. The van der Waals surface area contributed by atoms with Crippen molar-refractivity contribution in [3.63, 3.8) is 0 Å². The van der Waals surface area contributed by atoms with Crippen LogP contribution in [0.1, 0.15) is 27.2 Å². The summed E-state index contributed by atoms with van der Waals surface area (Å²) in [6.07, 6.45) is 0.922. The van der Waals surface area contributed by atoms with Gasteiger partial charge in [-0.05, 0) is 32.5 Å². The number of thiocarbonyl (C=S) groups is 1. The van der Waals surface area contributed by atoms with E-state index < -0.39 is 6.03 Å². The predicted molar refractivity (Wildman–Crippen MR) is 56.0 cm³/mol. The molecule has 0 aliphatic carbocycles. The number of urea groups is 1. The highest BCUT2D eigenvalue weighted by Crippen LogP contribution is 2.05. The van der Waals surface area contributed by atoms with Crippen LogP contribution in [0.25, 0.3) is 0 Å². The Hall–Kier alpha value is -1.04. The van der Waals surface area contributed by atoms with Gasteiger partial charge in [0.05, 0.1) is 0 Å². The average molecular weight is 204 g/mol. The number of hydrogen-bond donors (Lipinski definition) is 4. The van der Waals surface area contributed by atoms with E-state index in [9.17, 15) is 4.79 Å². The summed E-state index contributed by atoms with van der Waals surface area (Å²) in [4.78, 5) is 10.3. The second kappa shape index (κ2) is 4.86. The van der Waals surface area contributed by atoms with Crippen molar-refractivity contribution >= 4 is 23.4 Å². The first kappa shape index (κ1) is 12.0. The molecule has 0 unspecified atom stereocenters. The maximum atomic E-state index is 10.3. The highest BCUT2D eigenvalue weighted by Gasteiger charge is 2.15. The van der Waals surface area contributed by atoms with Crippen molar-refractivity contribution < 1.29 is 4.79 Å². The van der Waals surface area contributed by atoms with E-state index in [4.69, 9.17) is 18.0 Å². The summed E-state index contributed by atoms with van der Waals surface area (Å²) in [6.45, 7) is 6.05. The lowest BCUT2D eigenvalue weighted by Crippen LogP contribution is -2.54. The van der Waals surface area contributed by atoms with Crippen LogP contribution in [0.15, 0.2) is 0 Å². The Kier molecular flexibility index (Phi) is 4.47. The molecule has 0 rings (SSSR count). The molecule has 0 atom stereocenters. The van der Waals surface area contributed by atoms with E-state index in [2.05, 4.69) is 16.2 Å². The first-order valence-corrected chi connectivity index (χ1v) is 4.42. The van der Waals surface area contributed by atoms with Gasteiger partial charge in [0.1, 0.15) is 0 Å². The number of primary amides is 1. The fraction of sp³-hybridized carbons (Fsp3) is 0.714. The lowest BCUT2D eigenvalue weighted by Gasteiger charge is -2.26. The van der Waals surface area contributed by atoms with Crippen molar-refractivity contribution in [1.82, 2.24) is 16.2 Å². The molecule has 5 N–H and O–H groups in total. The maximum Gasteiger partial charge on any atom is 0.330 e. The van der Waals surface area contributed by atoms with Gasteiger partial charge in [-0.15, -0.1) is 0 Å². The molecule has 0 spiro atoms. The summed E-state index contributed by atoms with van der Waals surface area (Å²) in [5.74, 6) is 0. The van der Waals surface area contributed by atoms with E-state index in [-0.39, 0.29) is 5.54 Å². The van der Waals surface area contributed by atoms with Gasteiger partial charge in [-0.1, -0.05) is 6.92 Å². The molecule has 6 heteroatoms. The van der Waals surface area contributed by atoms with Gasteiger partial charge in [0.25, 0.3) is 0 Å². The fourth-order valence-corrected chi connectivity index (χ4v) is 0.873. The molecular weight excluding hydrogens is 188 g/mol. The second-order valence-corrected chi connectivity index (χ2v) is 3.71. The van der Waals surface area contributed by atoms with Gasteiger partial charge < -0.3 is 11.1 Å². The van der Waals surface area contributed by atoms with Gasteiger partial charge >= 0.3 is 6.03 Å². The molecule has 0 radical (unpaired) electrons. The number of nitrogens with two attached hydrogens (primary N) is 1. The van der Waals surface area contributed by atoms with Gasteiger partial charge in [-0.25, -0.2) is 10.2 Å². The molecule has 0 aromatic heterocycles. The molecule has 0 aliphatic heterocycles. The number of carbonyl (C=O) groups is 1. The Morgan fingerprint density at radius 2 is 2.00 bits per heavy atom. The standard InChI is InChI=1S/C7H16N4OS/c1-4-7(2,3)9-6(13)11-10-5(8)12/h4H2,1-3H3,(H3,8,10,12)(H2,9,11,13). The van der Waals surface area contributed by atoms with Crippen LogP contribution in [0.4, 0.5) is 4.79 Å². The fourth-order valence-electron chi connectivity index (χ4n) is 0.545. The Morgan fingerprint density at radius 3 is 2.38 bits per heavy atom. The van der Waals surface area contributed by atoms with Gasteiger partial charge in [0, 0.05) is 5.54 Å². The molecule has 0 aliphatic rings. The van der Waals surface area contributed by atoms with Gasteiger partial charge in [0.15, 0.2) is 5.11 Å². The third-order valence-corrected chi connectivity index (χ3v) is 1.84. The molecule has 0 fully saturated rings. The summed E-state index contributed by atoms with van der Waals surface area (Å²) in [5, 5.41) is 3.36. The van der Waals surface area contributed by atoms with Crippen molar-refractivity contribution in [3.8, 4) is 0 Å². The smallest absolute Gasteiger partial charge is 0.330 e. The molecule has 76 valence electrons. The summed E-state index contributed by atoms with van der Waals surface area (Å²) >= 11 is 4.89. The van der Waals surface area contributed by atoms with Crippen molar-refractivity contribution in [3.05, 3.63) is 0 Å². The van der Waals surface area contributed by atoms with Gasteiger partial charge in [-0.3, -0.25) is 5.43 Å². The first-order chi connectivity index (χ1) is 5.87. The Bertz CT molecular complexity index is 205. The van der Waals surface area contributed by atoms with E-state index >= 15 is 0 Å². The average Bonchev–Trinajstić information content (AvgIpc) is 2.00. The van der Waals surface area contributed by atoms with Crippen LogP contribution in [-0.4, -0.2) is 16.7 Å². The lowest BCUT2D eigenvalue weighted by molar-refractivity contribution is 0.247. The molecular formula is C7H16N4OS. The van der Waals surface area contributed by atoms with E-state index in [0.29, 0.717) is 5.11 Å². The molecule has 13 heavy (non-hydrogen) atoms. The minimum absolute atomic E-state index is 0.0938. The van der Waals surface area contributed by atoms with Gasteiger partial charge in [0.2, 0.25) is 0 Å². The van der Waals surface area contributed by atoms with Crippen LogP contribution < -0.4 is 21.9 Å². The molecule has 5 nitrogen and oxygen atoms in total. The SMILES string of the molecule is CCC(C)(C)NC(=S)NNC(N)=O. The van der Waals surface area contributed by atoms with E-state index in [1.807, 2.05) is 20.8 Å². The minimum atomic E-state index is -0.668. The van der Waals surface area contributed by atoms with E-state index in [0.717, 1.165) is 6.42 Å². The molecule has 0 saturated carbocycles. The van der Waals surface area contributed by atoms with Crippen molar-refractivity contribution in [2.45, 2.75) is 32.7 Å². The maximum absolute atomic E-state index is 10.3. The molecule has 0 aromatic carbocycles. The van der Waals surface area contributed by atoms with Gasteiger partial charge in [-0.2, -0.15) is 0 Å². The zero-order valence-electron chi connectivity index (χ0n) is 8.10. The van der Waals surface area contributed by atoms with Crippen LogP contribution in [0.2, 0.25) is 0 Å². The number of nitrogens with one attached hydrogen (secondary N) is 3. The lowest BCUT2D eigenvalue weighted by atomic mass is 10.0. The Balaban J connectivity index is 3.81. The van der Waals surface area contributed by atoms with E-state index in [1.165, 1.54) is 0 Å². The van der Waals surface area contributed by atoms with Crippen molar-refractivity contribution in [2.75, 3.05) is 0 Å². The minimum Gasteiger partial charge on any atom is -0.356 e. The highest BCUT2D eigenvalue weighted by atomic mass is 32.1. The Labute approximate surface area is 83.4 Å². The van der Waals surface area contributed by atoms with Crippen LogP contribution in [0.5, 0.6) is 0 Å². The number of hydrogen-bond acceptors (Lipinski definition) is 2. The third kappa shape index (κ3) is 6.15. The summed E-state index contributed by atoms with van der Waals surface area (Å²) in [5.41, 5.74) is 9.39. The zero-order chi connectivity index (χ0) is 10.5. The predicted octanol–water partition coefficient (Wildman–Crippen LogP) is 0.222. The number of hydrazine groups is 1. The van der Waals surface area contributed by atoms with Crippen LogP contribution in [-0.2, 0) is 0 Å². The van der Waals surface area contributed by atoms with Crippen molar-refractivity contribution in [1.29, 1.82) is 0 Å². The highest BCUT2D eigenvalue weighted by molar-refractivity contribution is 7.80. The van der Waals surface area contributed by atoms with Crippen LogP contribution in [0, 0.1) is 0 Å². The number of carbonyl (C=O) groups excluding carboxylic acids is 1. The monoisotopic (exact) mass is 204 g/mol. The molecule has 0 aromatic rings. The molecule has 0 heterocycles. The molecule has 2 amide bonds. The summed E-state index contributed by atoms with van der Waals surface area (Å²) in [6, 6.07) is -0.668. The van der Waals surface area contributed by atoms with Crippen molar-refractivity contribution in [2.24, 2.45) is 5.73 Å². The zero-order valence-corrected chi connectivity index (χ0v) is 8.92. The topological polar surface area (TPSA) is 79.2 Å². The van der Waals surface area contributed by atoms with Crippen LogP contribution >= 0.6 is 12.2 Å². The summed E-state index contributed by atoms with van der Waals surface area (Å²) < 4.78 is 0. The molecule has 0 bridgehead atoms. The Morgan fingerprint density at radius 1 is 1.46 bits per heavy atom. The third-order valence-electron chi connectivity index (χ3n) is 1.64. The largest absolute Gasteiger partial charge is 0.356 e.